The quantitative estimate of drug-likeness (QED) is 0.647. The highest BCUT2D eigenvalue weighted by molar-refractivity contribution is 5.89. The highest BCUT2D eigenvalue weighted by Gasteiger charge is 2.03. The molecule has 0 bridgehead atoms. The molecule has 2 aromatic rings. The summed E-state index contributed by atoms with van der Waals surface area (Å²) in [4.78, 5) is 24.2. The maximum absolute atomic E-state index is 10.6. The van der Waals surface area contributed by atoms with Crippen molar-refractivity contribution in [3.05, 3.63) is 54.2 Å². The van der Waals surface area contributed by atoms with Gasteiger partial charge >= 0.3 is 35.0 Å². The molecular formula is C14H15MgNO4. The first-order chi connectivity index (χ1) is 8.91. The number of carboxylic acid groups (broad SMARTS) is 2. The van der Waals surface area contributed by atoms with E-state index in [0.717, 1.165) is 5.39 Å². The first kappa shape index (κ1) is 18.1. The fourth-order valence-electron chi connectivity index (χ4n) is 1.19. The van der Waals surface area contributed by atoms with E-state index in [-0.39, 0.29) is 34.3 Å². The third kappa shape index (κ3) is 5.37. The van der Waals surface area contributed by atoms with E-state index in [0.29, 0.717) is 5.52 Å². The Bertz CT molecular complexity index is 628. The number of hydrogen-bond donors (Lipinski definition) is 2. The van der Waals surface area contributed by atoms with Gasteiger partial charge in [-0.05, 0) is 19.1 Å². The van der Waals surface area contributed by atoms with Gasteiger partial charge in [-0.3, -0.25) is 0 Å². The van der Waals surface area contributed by atoms with Crippen molar-refractivity contribution in [1.29, 1.82) is 0 Å². The van der Waals surface area contributed by atoms with Crippen molar-refractivity contribution in [3.63, 3.8) is 0 Å². The Morgan fingerprint density at radius 2 is 1.65 bits per heavy atom. The Hall–Kier alpha value is -1.92. The molecule has 0 aliphatic heterocycles. The van der Waals surface area contributed by atoms with Crippen molar-refractivity contribution in [3.8, 4) is 0 Å². The number of benzene rings is 1. The second-order valence-electron chi connectivity index (χ2n) is 3.78. The molecule has 0 fully saturated rings. The van der Waals surface area contributed by atoms with Gasteiger partial charge in [0.05, 0.1) is 5.52 Å². The molecule has 1 aromatic carbocycles. The van der Waals surface area contributed by atoms with Gasteiger partial charge in [0, 0.05) is 11.0 Å². The van der Waals surface area contributed by atoms with Crippen LogP contribution in [-0.4, -0.2) is 50.2 Å². The van der Waals surface area contributed by atoms with Crippen LogP contribution < -0.4 is 0 Å². The number of rotatable bonds is 2. The minimum absolute atomic E-state index is 0. The first-order valence-electron chi connectivity index (χ1n) is 5.39. The second kappa shape index (κ2) is 8.29. The highest BCUT2D eigenvalue weighted by Crippen LogP contribution is 2.11. The van der Waals surface area contributed by atoms with Gasteiger partial charge in [-0.1, -0.05) is 30.8 Å². The van der Waals surface area contributed by atoms with Gasteiger partial charge < -0.3 is 10.2 Å². The van der Waals surface area contributed by atoms with Gasteiger partial charge in [-0.15, -0.1) is 0 Å². The number of hydrogen-bond acceptors (Lipinski definition) is 3. The van der Waals surface area contributed by atoms with Crippen LogP contribution in [0.4, 0.5) is 0 Å². The monoisotopic (exact) mass is 285 g/mol. The van der Waals surface area contributed by atoms with Gasteiger partial charge in [-0.25, -0.2) is 14.6 Å². The number of aliphatic carboxylic acids is 1. The molecule has 5 nitrogen and oxygen atoms in total. The average Bonchev–Trinajstić information content (AvgIpc) is 2.38. The topological polar surface area (TPSA) is 87.5 Å². The van der Waals surface area contributed by atoms with Crippen LogP contribution in [0.2, 0.25) is 0 Å². The minimum atomic E-state index is -0.995. The minimum Gasteiger partial charge on any atom is -0.478 e. The third-order valence-corrected chi connectivity index (χ3v) is 2.18. The molecule has 20 heavy (non-hydrogen) atoms. The van der Waals surface area contributed by atoms with E-state index in [1.54, 1.807) is 12.1 Å². The molecule has 0 aliphatic carbocycles. The molecule has 2 N–H and O–H groups in total. The fraction of sp³-hybridized carbons (Fsp3) is 0.0714. The lowest BCUT2D eigenvalue weighted by Crippen LogP contribution is -1.99. The van der Waals surface area contributed by atoms with E-state index in [9.17, 15) is 9.59 Å². The number of para-hydroxylation sites is 1. The molecule has 102 valence electrons. The molecule has 0 aliphatic rings. The number of aromatic nitrogens is 1. The standard InChI is InChI=1S/C10H7NO2.C4H6O2.Mg.2H/c12-10(13)9-6-5-7-3-1-2-4-8(7)11-9;1-3(2)4(5)6;;;/h1-6H,(H,12,13);1H2,2H3,(H,5,6);;;. The highest BCUT2D eigenvalue weighted by atomic mass is 24.3. The summed E-state index contributed by atoms with van der Waals surface area (Å²) in [6.45, 7) is 4.60. The van der Waals surface area contributed by atoms with Gasteiger partial charge in [0.15, 0.2) is 0 Å². The molecule has 0 unspecified atom stereocenters. The number of nitrogens with zero attached hydrogens (tertiary/aromatic N) is 1. The summed E-state index contributed by atoms with van der Waals surface area (Å²) in [7, 11) is 0. The smallest absolute Gasteiger partial charge is 0.354 e. The van der Waals surface area contributed by atoms with Crippen molar-refractivity contribution in [2.75, 3.05) is 0 Å². The van der Waals surface area contributed by atoms with Crippen LogP contribution in [0.25, 0.3) is 10.9 Å². The lowest BCUT2D eigenvalue weighted by Gasteiger charge is -1.97. The molecule has 0 saturated heterocycles. The van der Waals surface area contributed by atoms with Gasteiger partial charge in [0.2, 0.25) is 0 Å². The normalized spacial score (nSPS) is 8.85. The number of pyridine rings is 1. The Kier molecular flexibility index (Phi) is 7.49. The molecule has 0 radical (unpaired) electrons. The molecule has 0 spiro atoms. The molecule has 1 aromatic heterocycles. The molecule has 6 heteroatoms. The number of carbonyl (C=O) groups is 2. The zero-order valence-electron chi connectivity index (χ0n) is 10.3. The van der Waals surface area contributed by atoms with E-state index in [2.05, 4.69) is 11.6 Å². The first-order valence-corrected chi connectivity index (χ1v) is 5.39. The van der Waals surface area contributed by atoms with Crippen LogP contribution in [0, 0.1) is 0 Å². The SMILES string of the molecule is C=C(C)C(=O)O.O=C(O)c1ccc2ccccc2n1.[MgH2]. The fourth-order valence-corrected chi connectivity index (χ4v) is 1.19. The Labute approximate surface area is 132 Å². The zero-order chi connectivity index (χ0) is 14.4. The van der Waals surface area contributed by atoms with Crippen LogP contribution in [0.5, 0.6) is 0 Å². The number of fused-ring (bicyclic) bond motifs is 1. The predicted octanol–water partition coefficient (Wildman–Crippen LogP) is 1.66. The summed E-state index contributed by atoms with van der Waals surface area (Å²) in [6.07, 6.45) is 0. The van der Waals surface area contributed by atoms with E-state index < -0.39 is 11.9 Å². The van der Waals surface area contributed by atoms with Crippen molar-refractivity contribution < 1.29 is 19.8 Å². The second-order valence-corrected chi connectivity index (χ2v) is 3.78. The third-order valence-electron chi connectivity index (χ3n) is 2.18. The zero-order valence-corrected chi connectivity index (χ0v) is 10.3. The summed E-state index contributed by atoms with van der Waals surface area (Å²) < 4.78 is 0. The van der Waals surface area contributed by atoms with Crippen molar-refractivity contribution in [2.45, 2.75) is 6.92 Å². The maximum Gasteiger partial charge on any atom is 0.354 e. The summed E-state index contributed by atoms with van der Waals surface area (Å²) in [5.74, 6) is -1.93. The molecule has 0 saturated carbocycles. The van der Waals surface area contributed by atoms with Gasteiger partial charge in [0.25, 0.3) is 0 Å². The number of carboxylic acids is 2. The maximum atomic E-state index is 10.6. The lowest BCUT2D eigenvalue weighted by molar-refractivity contribution is -0.132. The van der Waals surface area contributed by atoms with Crippen molar-refractivity contribution in [2.24, 2.45) is 0 Å². The molecule has 0 amide bonds. The summed E-state index contributed by atoms with van der Waals surface area (Å²) in [5, 5.41) is 17.5. The van der Waals surface area contributed by atoms with Crippen LogP contribution >= 0.6 is 0 Å². The average molecular weight is 286 g/mol. The lowest BCUT2D eigenvalue weighted by atomic mass is 10.2. The predicted molar refractivity (Wildman–Crippen MR) is 79.7 cm³/mol. The van der Waals surface area contributed by atoms with E-state index in [1.807, 2.05) is 18.2 Å². The van der Waals surface area contributed by atoms with E-state index in [1.165, 1.54) is 13.0 Å². The van der Waals surface area contributed by atoms with Crippen LogP contribution in [0.15, 0.2) is 48.6 Å². The Morgan fingerprint density at radius 1 is 1.10 bits per heavy atom. The van der Waals surface area contributed by atoms with Crippen molar-refractivity contribution in [1.82, 2.24) is 4.98 Å². The van der Waals surface area contributed by atoms with Crippen LogP contribution in [-0.2, 0) is 4.79 Å². The largest absolute Gasteiger partial charge is 0.478 e. The summed E-state index contributed by atoms with van der Waals surface area (Å²) >= 11 is 0. The van der Waals surface area contributed by atoms with Crippen LogP contribution in [0.3, 0.4) is 0 Å². The Morgan fingerprint density at radius 3 is 2.15 bits per heavy atom. The molecular weight excluding hydrogens is 270 g/mol. The Balaban J connectivity index is 0.000000448. The van der Waals surface area contributed by atoms with E-state index >= 15 is 0 Å². The molecule has 0 atom stereocenters. The van der Waals surface area contributed by atoms with Crippen LogP contribution in [0.1, 0.15) is 17.4 Å². The van der Waals surface area contributed by atoms with Gasteiger partial charge in [-0.2, -0.15) is 0 Å². The van der Waals surface area contributed by atoms with E-state index in [4.69, 9.17) is 10.2 Å². The van der Waals surface area contributed by atoms with Crippen molar-refractivity contribution >= 4 is 45.9 Å². The number of aromatic carboxylic acids is 1. The molecule has 2 rings (SSSR count). The molecule has 1 heterocycles. The van der Waals surface area contributed by atoms with Gasteiger partial charge in [0.1, 0.15) is 5.69 Å². The summed E-state index contributed by atoms with van der Waals surface area (Å²) in [5.41, 5.74) is 0.969. The summed E-state index contributed by atoms with van der Waals surface area (Å²) in [6, 6.07) is 10.7.